The summed E-state index contributed by atoms with van der Waals surface area (Å²) < 4.78 is 1.02. The molecule has 2 aromatic rings. The Balaban J connectivity index is 1.63. The van der Waals surface area contributed by atoms with Gasteiger partial charge in [-0.1, -0.05) is 29.8 Å². The maximum absolute atomic E-state index is 13.1. The van der Waals surface area contributed by atoms with E-state index in [1.54, 1.807) is 23.1 Å². The number of rotatable bonds is 5. The van der Waals surface area contributed by atoms with Crippen LogP contribution < -0.4 is 4.90 Å². The Morgan fingerprint density at radius 1 is 1.11 bits per heavy atom. The molecule has 1 atom stereocenters. The minimum Gasteiger partial charge on any atom is -0.325 e. The summed E-state index contributed by atoms with van der Waals surface area (Å²) >= 11 is 8.45. The van der Waals surface area contributed by atoms with Crippen LogP contribution in [0.4, 0.5) is 5.69 Å². The molecule has 144 valence electrons. The molecule has 7 heteroatoms. The highest BCUT2D eigenvalue weighted by Gasteiger charge is 2.46. The van der Waals surface area contributed by atoms with E-state index in [0.717, 1.165) is 22.0 Å². The third-order valence-corrected chi connectivity index (χ3v) is 6.18. The lowest BCUT2D eigenvalue weighted by Gasteiger charge is -2.28. The molecule has 0 radical (unpaired) electrons. The van der Waals surface area contributed by atoms with Crippen LogP contribution >= 0.6 is 34.2 Å². The summed E-state index contributed by atoms with van der Waals surface area (Å²) in [5, 5.41) is 0.544. The minimum atomic E-state index is -0.795. The Labute approximate surface area is 181 Å². The van der Waals surface area contributed by atoms with Gasteiger partial charge in [-0.3, -0.25) is 14.4 Å². The van der Waals surface area contributed by atoms with Gasteiger partial charge in [-0.05, 0) is 71.3 Å². The van der Waals surface area contributed by atoms with Crippen LogP contribution in [0.2, 0.25) is 5.02 Å². The van der Waals surface area contributed by atoms with Crippen molar-refractivity contribution in [2.24, 2.45) is 5.92 Å². The second kappa shape index (κ2) is 7.83. The first-order valence-electron chi connectivity index (χ1n) is 9.12. The number of amides is 3. The van der Waals surface area contributed by atoms with Crippen molar-refractivity contribution in [2.75, 3.05) is 4.90 Å². The Bertz CT molecular complexity index is 943. The number of benzene rings is 2. The molecule has 0 bridgehead atoms. The van der Waals surface area contributed by atoms with Crippen molar-refractivity contribution in [3.05, 3.63) is 62.7 Å². The lowest BCUT2D eigenvalue weighted by Crippen LogP contribution is -2.45. The van der Waals surface area contributed by atoms with Crippen molar-refractivity contribution in [1.29, 1.82) is 0 Å². The smallest absolute Gasteiger partial charge is 0.257 e. The monoisotopic (exact) mass is 508 g/mol. The van der Waals surface area contributed by atoms with Crippen molar-refractivity contribution in [2.45, 2.75) is 31.8 Å². The Kier molecular flexibility index (Phi) is 5.42. The molecule has 0 aromatic heterocycles. The predicted octanol–water partition coefficient (Wildman–Crippen LogP) is 4.02. The van der Waals surface area contributed by atoms with E-state index < -0.39 is 6.04 Å². The van der Waals surface area contributed by atoms with Gasteiger partial charge in [0, 0.05) is 21.1 Å². The summed E-state index contributed by atoms with van der Waals surface area (Å²) in [7, 11) is 0. The first-order valence-corrected chi connectivity index (χ1v) is 10.6. The molecule has 1 aliphatic carbocycles. The number of carbonyl (C=O) groups is 3. The molecule has 4 rings (SSSR count). The lowest BCUT2D eigenvalue weighted by molar-refractivity contribution is -0.140. The van der Waals surface area contributed by atoms with Gasteiger partial charge in [0.15, 0.2) is 0 Å². The van der Waals surface area contributed by atoms with Gasteiger partial charge in [-0.2, -0.15) is 0 Å². The molecule has 1 heterocycles. The van der Waals surface area contributed by atoms with E-state index in [1.165, 1.54) is 4.90 Å². The van der Waals surface area contributed by atoms with Gasteiger partial charge in [0.05, 0.1) is 12.1 Å². The summed E-state index contributed by atoms with van der Waals surface area (Å²) in [4.78, 5) is 41.5. The van der Waals surface area contributed by atoms with E-state index >= 15 is 0 Å². The van der Waals surface area contributed by atoms with Crippen LogP contribution in [0.3, 0.4) is 0 Å². The van der Waals surface area contributed by atoms with Crippen LogP contribution in [0.15, 0.2) is 48.5 Å². The molecule has 2 aromatic carbocycles. The van der Waals surface area contributed by atoms with Crippen molar-refractivity contribution >= 4 is 57.6 Å². The number of anilines is 1. The first kappa shape index (κ1) is 19.4. The van der Waals surface area contributed by atoms with Gasteiger partial charge in [-0.15, -0.1) is 0 Å². The Hall–Kier alpha value is -1.93. The number of halogens is 2. The molecule has 28 heavy (non-hydrogen) atoms. The molecule has 3 amide bonds. The number of hydrogen-bond donors (Lipinski definition) is 0. The van der Waals surface area contributed by atoms with Gasteiger partial charge < -0.3 is 4.90 Å². The second-order valence-corrected chi connectivity index (χ2v) is 8.75. The molecular weight excluding hydrogens is 491 g/mol. The number of carbonyl (C=O) groups excluding carboxylic acids is 3. The molecule has 2 fully saturated rings. The molecule has 1 saturated carbocycles. The van der Waals surface area contributed by atoms with Gasteiger partial charge >= 0.3 is 0 Å². The highest BCUT2D eigenvalue weighted by molar-refractivity contribution is 14.1. The quantitative estimate of drug-likeness (QED) is 0.453. The normalized spacial score (nSPS) is 19.2. The van der Waals surface area contributed by atoms with Crippen molar-refractivity contribution in [3.63, 3.8) is 0 Å². The SMILES string of the molecule is O=C1CC(N(Cc2ccccc2Cl)C(=O)C2CC2)C(=O)N1c1ccc(I)cc1. The number of hydrogen-bond acceptors (Lipinski definition) is 3. The van der Waals surface area contributed by atoms with Gasteiger partial charge in [-0.25, -0.2) is 4.90 Å². The Morgan fingerprint density at radius 3 is 2.43 bits per heavy atom. The molecule has 2 aliphatic rings. The predicted molar refractivity (Wildman–Crippen MR) is 115 cm³/mol. The molecule has 5 nitrogen and oxygen atoms in total. The maximum Gasteiger partial charge on any atom is 0.257 e. The van der Waals surface area contributed by atoms with E-state index in [-0.39, 0.29) is 36.6 Å². The fourth-order valence-corrected chi connectivity index (χ4v) is 3.99. The van der Waals surface area contributed by atoms with E-state index in [0.29, 0.717) is 10.7 Å². The third kappa shape index (κ3) is 3.80. The topological polar surface area (TPSA) is 57.7 Å². The van der Waals surface area contributed by atoms with Crippen LogP contribution in [-0.4, -0.2) is 28.7 Å². The summed E-state index contributed by atoms with van der Waals surface area (Å²) in [5.74, 6) is -0.774. The zero-order valence-electron chi connectivity index (χ0n) is 15.0. The summed E-state index contributed by atoms with van der Waals surface area (Å²) in [6.07, 6.45) is 1.65. The van der Waals surface area contributed by atoms with Gasteiger partial charge in [0.2, 0.25) is 11.8 Å². The van der Waals surface area contributed by atoms with Crippen LogP contribution in [0.5, 0.6) is 0 Å². The average Bonchev–Trinajstić information content (AvgIpc) is 3.48. The van der Waals surface area contributed by atoms with E-state index in [1.807, 2.05) is 30.3 Å². The molecule has 0 N–H and O–H groups in total. The van der Waals surface area contributed by atoms with E-state index in [9.17, 15) is 14.4 Å². The molecule has 1 aliphatic heterocycles. The molecule has 1 saturated heterocycles. The second-order valence-electron chi connectivity index (χ2n) is 7.10. The highest BCUT2D eigenvalue weighted by Crippen LogP contribution is 2.35. The first-order chi connectivity index (χ1) is 13.5. The van der Waals surface area contributed by atoms with Crippen molar-refractivity contribution in [1.82, 2.24) is 4.90 Å². The molecule has 0 spiro atoms. The van der Waals surface area contributed by atoms with E-state index in [2.05, 4.69) is 22.6 Å². The van der Waals surface area contributed by atoms with Crippen LogP contribution in [0.25, 0.3) is 0 Å². The number of imide groups is 1. The van der Waals surface area contributed by atoms with Crippen molar-refractivity contribution < 1.29 is 14.4 Å². The third-order valence-electron chi connectivity index (χ3n) is 5.09. The summed E-state index contributed by atoms with van der Waals surface area (Å²) in [6.45, 7) is 0.221. The van der Waals surface area contributed by atoms with Gasteiger partial charge in [0.25, 0.3) is 5.91 Å². The minimum absolute atomic E-state index is 0.00622. The maximum atomic E-state index is 13.1. The van der Waals surface area contributed by atoms with Crippen LogP contribution in [0.1, 0.15) is 24.8 Å². The lowest BCUT2D eigenvalue weighted by atomic mass is 10.1. The average molecular weight is 509 g/mol. The largest absolute Gasteiger partial charge is 0.325 e. The molecule has 1 unspecified atom stereocenters. The zero-order chi connectivity index (χ0) is 19.8. The molecular formula is C21H18ClIN2O3. The van der Waals surface area contributed by atoms with Crippen molar-refractivity contribution in [3.8, 4) is 0 Å². The standard InChI is InChI=1S/C21H18ClIN2O3/c22-17-4-2-1-3-14(17)12-24(20(27)13-5-6-13)18-11-19(26)25(21(18)28)16-9-7-15(23)8-10-16/h1-4,7-10,13,18H,5-6,11-12H2. The zero-order valence-corrected chi connectivity index (χ0v) is 17.9. The van der Waals surface area contributed by atoms with Gasteiger partial charge in [0.1, 0.15) is 6.04 Å². The van der Waals surface area contributed by atoms with E-state index in [4.69, 9.17) is 11.6 Å². The summed E-state index contributed by atoms with van der Waals surface area (Å²) in [6, 6.07) is 13.7. The highest BCUT2D eigenvalue weighted by atomic mass is 127. The Morgan fingerprint density at radius 2 is 1.79 bits per heavy atom. The summed E-state index contributed by atoms with van der Waals surface area (Å²) in [5.41, 5.74) is 1.31. The van der Waals surface area contributed by atoms with Crippen LogP contribution in [-0.2, 0) is 20.9 Å². The fraction of sp³-hybridized carbons (Fsp3) is 0.286. The number of nitrogens with zero attached hydrogens (tertiary/aromatic N) is 2. The van der Waals surface area contributed by atoms with Crippen LogP contribution in [0, 0.1) is 9.49 Å². The fourth-order valence-electron chi connectivity index (χ4n) is 3.44.